The molecular weight excluding hydrogens is 164 g/mol. The second-order valence-electron chi connectivity index (χ2n) is 4.70. The zero-order valence-electron chi connectivity index (χ0n) is 8.81. The summed E-state index contributed by atoms with van der Waals surface area (Å²) in [4.78, 5) is 11.7. The molecule has 13 heavy (non-hydrogen) atoms. The van der Waals surface area contributed by atoms with Crippen LogP contribution in [0.3, 0.4) is 0 Å². The first-order valence-corrected chi connectivity index (χ1v) is 5.01. The van der Waals surface area contributed by atoms with Crippen LogP contribution in [0.2, 0.25) is 0 Å². The number of amides is 1. The standard InChI is InChI=1S/C10H20N2O/c1-4-9(2,3)12-8(13)10(11)6-5-7-10/h4-7,11H2,1-3H3,(H,12,13). The predicted octanol–water partition coefficient (Wildman–Crippen LogP) is 1.17. The Labute approximate surface area is 80.1 Å². The van der Waals surface area contributed by atoms with E-state index in [1.807, 2.05) is 13.8 Å². The molecule has 0 spiro atoms. The highest BCUT2D eigenvalue weighted by molar-refractivity contribution is 5.87. The molecule has 1 rings (SSSR count). The molecule has 0 heterocycles. The molecule has 0 bridgehead atoms. The molecule has 0 aromatic heterocycles. The first-order valence-electron chi connectivity index (χ1n) is 5.01. The summed E-state index contributed by atoms with van der Waals surface area (Å²) < 4.78 is 0. The van der Waals surface area contributed by atoms with Gasteiger partial charge in [0.25, 0.3) is 0 Å². The SMILES string of the molecule is CCC(C)(C)NC(=O)C1(N)CCC1. The third kappa shape index (κ3) is 2.21. The van der Waals surface area contributed by atoms with Crippen molar-refractivity contribution in [3.63, 3.8) is 0 Å². The number of carbonyl (C=O) groups excluding carboxylic acids is 1. The first-order chi connectivity index (χ1) is 5.90. The van der Waals surface area contributed by atoms with E-state index in [2.05, 4.69) is 12.2 Å². The van der Waals surface area contributed by atoms with E-state index in [4.69, 9.17) is 5.73 Å². The minimum atomic E-state index is -0.563. The van der Waals surface area contributed by atoms with Crippen LogP contribution in [-0.4, -0.2) is 17.0 Å². The number of nitrogens with two attached hydrogens (primary N) is 1. The highest BCUT2D eigenvalue weighted by Gasteiger charge is 2.41. The summed E-state index contributed by atoms with van der Waals surface area (Å²) in [6.45, 7) is 6.10. The third-order valence-electron chi connectivity index (χ3n) is 3.03. The molecular formula is C10H20N2O. The summed E-state index contributed by atoms with van der Waals surface area (Å²) in [5, 5.41) is 2.98. The van der Waals surface area contributed by atoms with Gasteiger partial charge in [0.05, 0.1) is 5.54 Å². The van der Waals surface area contributed by atoms with Crippen molar-refractivity contribution < 1.29 is 4.79 Å². The lowest BCUT2D eigenvalue weighted by molar-refractivity contribution is -0.130. The Morgan fingerprint density at radius 1 is 1.54 bits per heavy atom. The van der Waals surface area contributed by atoms with Crippen LogP contribution in [0.5, 0.6) is 0 Å². The zero-order chi connectivity index (χ0) is 10.1. The molecule has 1 aliphatic rings. The number of hydrogen-bond donors (Lipinski definition) is 2. The number of carbonyl (C=O) groups is 1. The molecule has 0 aromatic carbocycles. The summed E-state index contributed by atoms with van der Waals surface area (Å²) in [7, 11) is 0. The summed E-state index contributed by atoms with van der Waals surface area (Å²) in [6, 6.07) is 0. The first kappa shape index (κ1) is 10.5. The second kappa shape index (κ2) is 3.29. The van der Waals surface area contributed by atoms with Crippen LogP contribution in [0.4, 0.5) is 0 Å². The summed E-state index contributed by atoms with van der Waals surface area (Å²) in [6.07, 6.45) is 3.67. The molecule has 0 radical (unpaired) electrons. The van der Waals surface area contributed by atoms with E-state index in [0.717, 1.165) is 25.7 Å². The largest absolute Gasteiger partial charge is 0.350 e. The highest BCUT2D eigenvalue weighted by atomic mass is 16.2. The van der Waals surface area contributed by atoms with Gasteiger partial charge in [-0.05, 0) is 39.5 Å². The summed E-state index contributed by atoms with van der Waals surface area (Å²) in [5.74, 6) is 0.0191. The predicted molar refractivity (Wildman–Crippen MR) is 53.3 cm³/mol. The molecule has 1 aliphatic carbocycles. The Bertz CT molecular complexity index is 207. The monoisotopic (exact) mass is 184 g/mol. The fourth-order valence-electron chi connectivity index (χ4n) is 1.30. The molecule has 0 saturated heterocycles. The lowest BCUT2D eigenvalue weighted by Crippen LogP contribution is -2.62. The fourth-order valence-corrected chi connectivity index (χ4v) is 1.30. The van der Waals surface area contributed by atoms with E-state index in [-0.39, 0.29) is 11.4 Å². The van der Waals surface area contributed by atoms with Gasteiger partial charge < -0.3 is 11.1 Å². The zero-order valence-corrected chi connectivity index (χ0v) is 8.81. The van der Waals surface area contributed by atoms with Crippen LogP contribution in [0.15, 0.2) is 0 Å². The smallest absolute Gasteiger partial charge is 0.240 e. The number of hydrogen-bond acceptors (Lipinski definition) is 2. The second-order valence-corrected chi connectivity index (χ2v) is 4.70. The molecule has 0 atom stereocenters. The van der Waals surface area contributed by atoms with Crippen LogP contribution >= 0.6 is 0 Å². The molecule has 3 heteroatoms. The van der Waals surface area contributed by atoms with Gasteiger partial charge in [-0.15, -0.1) is 0 Å². The van der Waals surface area contributed by atoms with Gasteiger partial charge in [0, 0.05) is 5.54 Å². The Hall–Kier alpha value is -0.570. The van der Waals surface area contributed by atoms with Crippen LogP contribution in [0, 0.1) is 0 Å². The van der Waals surface area contributed by atoms with Gasteiger partial charge in [0.2, 0.25) is 5.91 Å². The molecule has 0 unspecified atom stereocenters. The normalized spacial score (nSPS) is 20.6. The summed E-state index contributed by atoms with van der Waals surface area (Å²) >= 11 is 0. The van der Waals surface area contributed by atoms with Crippen molar-refractivity contribution in [1.29, 1.82) is 0 Å². The van der Waals surface area contributed by atoms with E-state index in [1.54, 1.807) is 0 Å². The molecule has 3 nitrogen and oxygen atoms in total. The lowest BCUT2D eigenvalue weighted by Gasteiger charge is -2.39. The van der Waals surface area contributed by atoms with Crippen molar-refractivity contribution in [2.45, 2.75) is 57.5 Å². The molecule has 76 valence electrons. The van der Waals surface area contributed by atoms with Gasteiger partial charge in [0.15, 0.2) is 0 Å². The maximum atomic E-state index is 11.7. The van der Waals surface area contributed by atoms with Crippen molar-refractivity contribution in [3.8, 4) is 0 Å². The van der Waals surface area contributed by atoms with Crippen LogP contribution in [-0.2, 0) is 4.79 Å². The Balaban J connectivity index is 2.50. The molecule has 1 saturated carbocycles. The molecule has 1 amide bonds. The Kier molecular flexibility index (Phi) is 2.66. The van der Waals surface area contributed by atoms with Crippen molar-refractivity contribution in [3.05, 3.63) is 0 Å². The van der Waals surface area contributed by atoms with Gasteiger partial charge in [-0.25, -0.2) is 0 Å². The van der Waals surface area contributed by atoms with Crippen molar-refractivity contribution in [2.75, 3.05) is 0 Å². The topological polar surface area (TPSA) is 55.1 Å². The minimum absolute atomic E-state index is 0.0191. The number of nitrogens with one attached hydrogen (secondary N) is 1. The van der Waals surface area contributed by atoms with Crippen molar-refractivity contribution in [2.24, 2.45) is 5.73 Å². The quantitative estimate of drug-likeness (QED) is 0.692. The Morgan fingerprint density at radius 2 is 2.08 bits per heavy atom. The van der Waals surface area contributed by atoms with E-state index in [9.17, 15) is 4.79 Å². The van der Waals surface area contributed by atoms with E-state index in [0.29, 0.717) is 0 Å². The maximum absolute atomic E-state index is 11.7. The van der Waals surface area contributed by atoms with Crippen LogP contribution < -0.4 is 11.1 Å². The lowest BCUT2D eigenvalue weighted by atomic mass is 9.76. The van der Waals surface area contributed by atoms with E-state index >= 15 is 0 Å². The highest BCUT2D eigenvalue weighted by Crippen LogP contribution is 2.29. The van der Waals surface area contributed by atoms with Crippen LogP contribution in [0.1, 0.15) is 46.5 Å². The van der Waals surface area contributed by atoms with E-state index < -0.39 is 5.54 Å². The maximum Gasteiger partial charge on any atom is 0.240 e. The van der Waals surface area contributed by atoms with Crippen LogP contribution in [0.25, 0.3) is 0 Å². The van der Waals surface area contributed by atoms with Gasteiger partial charge in [-0.1, -0.05) is 6.92 Å². The van der Waals surface area contributed by atoms with Gasteiger partial charge >= 0.3 is 0 Å². The molecule has 3 N–H and O–H groups in total. The van der Waals surface area contributed by atoms with Gasteiger partial charge in [-0.3, -0.25) is 4.79 Å². The third-order valence-corrected chi connectivity index (χ3v) is 3.03. The van der Waals surface area contributed by atoms with E-state index in [1.165, 1.54) is 0 Å². The van der Waals surface area contributed by atoms with Gasteiger partial charge in [-0.2, -0.15) is 0 Å². The Morgan fingerprint density at radius 3 is 2.38 bits per heavy atom. The number of rotatable bonds is 3. The molecule has 0 aliphatic heterocycles. The molecule has 1 fully saturated rings. The summed E-state index contributed by atoms with van der Waals surface area (Å²) in [5.41, 5.74) is 5.21. The fraction of sp³-hybridized carbons (Fsp3) is 0.900. The minimum Gasteiger partial charge on any atom is -0.350 e. The van der Waals surface area contributed by atoms with Gasteiger partial charge in [0.1, 0.15) is 0 Å². The average Bonchev–Trinajstić information content (AvgIpc) is 1.99. The van der Waals surface area contributed by atoms with Crippen molar-refractivity contribution >= 4 is 5.91 Å². The average molecular weight is 184 g/mol. The van der Waals surface area contributed by atoms with Crippen molar-refractivity contribution in [1.82, 2.24) is 5.32 Å². The molecule has 0 aromatic rings.